The number of carboxylic acid groups (broad SMARTS) is 1. The summed E-state index contributed by atoms with van der Waals surface area (Å²) in [6.45, 7) is 5.15. The summed E-state index contributed by atoms with van der Waals surface area (Å²) in [5, 5.41) is 11.4. The zero-order valence-corrected chi connectivity index (χ0v) is 14.3. The van der Waals surface area contributed by atoms with Crippen LogP contribution in [0.4, 0.5) is 0 Å². The summed E-state index contributed by atoms with van der Waals surface area (Å²) in [4.78, 5) is 22.2. The number of benzene rings is 1. The summed E-state index contributed by atoms with van der Waals surface area (Å²) in [5.41, 5.74) is 0.350. The predicted octanol–water partition coefficient (Wildman–Crippen LogP) is 2.43. The Hall–Kier alpha value is -2.03. The average Bonchev–Trinajstić information content (AvgIpc) is 2.44. The zero-order valence-electron chi connectivity index (χ0n) is 12.2. The molecule has 0 saturated heterocycles. The van der Waals surface area contributed by atoms with Crippen molar-refractivity contribution in [2.75, 3.05) is 13.7 Å². The first kappa shape index (κ1) is 18.0. The average molecular weight is 417 g/mol. The van der Waals surface area contributed by atoms with Gasteiger partial charge in [0.2, 0.25) is 5.91 Å². The first-order valence-electron chi connectivity index (χ1n) is 6.22. The molecule has 6 nitrogen and oxygen atoms in total. The minimum atomic E-state index is -1.23. The van der Waals surface area contributed by atoms with Crippen molar-refractivity contribution < 1.29 is 24.2 Å². The summed E-state index contributed by atoms with van der Waals surface area (Å²) in [6, 6.07) is 3.36. The molecule has 0 radical (unpaired) electrons. The molecule has 2 N–H and O–H groups in total. The van der Waals surface area contributed by atoms with Crippen LogP contribution in [0.15, 0.2) is 30.5 Å². The van der Waals surface area contributed by atoms with Gasteiger partial charge >= 0.3 is 5.97 Å². The number of halogens is 1. The molecule has 1 rings (SSSR count). The second-order valence-corrected chi connectivity index (χ2v) is 5.34. The molecule has 0 aromatic heterocycles. The Balaban J connectivity index is 3.25. The molecule has 0 atom stereocenters. The molecule has 7 heteroatoms. The van der Waals surface area contributed by atoms with Crippen molar-refractivity contribution in [3.05, 3.63) is 39.6 Å². The Labute approximate surface area is 141 Å². The molecular formula is C15H16INO5. The molecule has 0 aliphatic rings. The monoisotopic (exact) mass is 417 g/mol. The third kappa shape index (κ3) is 5.06. The molecular weight excluding hydrogens is 401 g/mol. The third-order valence-electron chi connectivity index (χ3n) is 2.45. The molecule has 118 valence electrons. The van der Waals surface area contributed by atoms with Gasteiger partial charge in [-0.15, -0.1) is 0 Å². The molecule has 0 aliphatic carbocycles. The van der Waals surface area contributed by atoms with E-state index < -0.39 is 11.9 Å². The van der Waals surface area contributed by atoms with Crippen molar-refractivity contribution in [2.24, 2.45) is 0 Å². The van der Waals surface area contributed by atoms with E-state index in [-0.39, 0.29) is 5.70 Å². The van der Waals surface area contributed by atoms with Gasteiger partial charge in [0, 0.05) is 6.92 Å². The first-order chi connectivity index (χ1) is 10.4. The van der Waals surface area contributed by atoms with Gasteiger partial charge in [-0.25, -0.2) is 4.79 Å². The molecule has 1 aromatic carbocycles. The maximum atomic E-state index is 11.1. The van der Waals surface area contributed by atoms with Gasteiger partial charge in [0.1, 0.15) is 12.3 Å². The van der Waals surface area contributed by atoms with Crippen LogP contribution in [-0.4, -0.2) is 30.7 Å². The van der Waals surface area contributed by atoms with Crippen molar-refractivity contribution in [3.8, 4) is 11.5 Å². The molecule has 0 unspecified atom stereocenters. The Morgan fingerprint density at radius 1 is 1.45 bits per heavy atom. The van der Waals surface area contributed by atoms with Crippen LogP contribution >= 0.6 is 22.6 Å². The van der Waals surface area contributed by atoms with Gasteiger partial charge < -0.3 is 19.9 Å². The molecule has 0 heterocycles. The SMILES string of the molecule is C=CCOc1c(I)cc(/C=C(/NC(C)=O)C(=O)O)cc1OC. The highest BCUT2D eigenvalue weighted by atomic mass is 127. The molecule has 1 aromatic rings. The number of carbonyl (C=O) groups excluding carboxylic acids is 1. The number of hydrogen-bond donors (Lipinski definition) is 2. The summed E-state index contributed by atoms with van der Waals surface area (Å²) < 4.78 is 11.5. The Kier molecular flexibility index (Phi) is 6.90. The molecule has 0 aliphatic heterocycles. The standard InChI is InChI=1S/C15H16INO5/c1-4-5-22-14-11(16)6-10(8-13(14)21-3)7-12(15(19)20)17-9(2)18/h4,6-8H,1,5H2,2-3H3,(H,17,18)(H,19,20)/b12-7+. The summed E-state index contributed by atoms with van der Waals surface area (Å²) >= 11 is 2.06. The van der Waals surface area contributed by atoms with E-state index >= 15 is 0 Å². The van der Waals surface area contributed by atoms with Crippen LogP contribution in [-0.2, 0) is 9.59 Å². The fraction of sp³-hybridized carbons (Fsp3) is 0.200. The molecule has 1 amide bonds. The van der Waals surface area contributed by atoms with Crippen LogP contribution in [0.1, 0.15) is 12.5 Å². The highest BCUT2D eigenvalue weighted by Gasteiger charge is 2.13. The zero-order chi connectivity index (χ0) is 16.7. The lowest BCUT2D eigenvalue weighted by molar-refractivity contribution is -0.134. The summed E-state index contributed by atoms with van der Waals surface area (Å²) in [6.07, 6.45) is 2.97. The predicted molar refractivity (Wildman–Crippen MR) is 90.8 cm³/mol. The third-order valence-corrected chi connectivity index (χ3v) is 3.25. The minimum absolute atomic E-state index is 0.217. The Morgan fingerprint density at radius 3 is 2.64 bits per heavy atom. The fourth-order valence-electron chi connectivity index (χ4n) is 1.61. The van der Waals surface area contributed by atoms with E-state index in [4.69, 9.17) is 14.6 Å². The maximum absolute atomic E-state index is 11.1. The van der Waals surface area contributed by atoms with Crippen molar-refractivity contribution in [2.45, 2.75) is 6.92 Å². The van der Waals surface area contributed by atoms with Crippen molar-refractivity contribution in [1.82, 2.24) is 5.32 Å². The van der Waals surface area contributed by atoms with E-state index in [1.807, 2.05) is 0 Å². The maximum Gasteiger partial charge on any atom is 0.352 e. The van der Waals surface area contributed by atoms with E-state index in [0.29, 0.717) is 23.7 Å². The second-order valence-electron chi connectivity index (χ2n) is 4.18. The van der Waals surface area contributed by atoms with E-state index in [1.54, 1.807) is 18.2 Å². The molecule has 0 spiro atoms. The van der Waals surface area contributed by atoms with Crippen LogP contribution in [0.3, 0.4) is 0 Å². The number of hydrogen-bond acceptors (Lipinski definition) is 4. The number of carboxylic acids is 1. The highest BCUT2D eigenvalue weighted by molar-refractivity contribution is 14.1. The molecule has 0 bridgehead atoms. The lowest BCUT2D eigenvalue weighted by atomic mass is 10.1. The number of methoxy groups -OCH3 is 1. The van der Waals surface area contributed by atoms with Crippen LogP contribution in [0, 0.1) is 3.57 Å². The van der Waals surface area contributed by atoms with E-state index in [9.17, 15) is 9.59 Å². The lowest BCUT2D eigenvalue weighted by Crippen LogP contribution is -2.24. The molecule has 22 heavy (non-hydrogen) atoms. The number of rotatable bonds is 7. The quantitative estimate of drug-likeness (QED) is 0.405. The Morgan fingerprint density at radius 2 is 2.14 bits per heavy atom. The lowest BCUT2D eigenvalue weighted by Gasteiger charge is -2.13. The topological polar surface area (TPSA) is 84.9 Å². The van der Waals surface area contributed by atoms with Crippen molar-refractivity contribution >= 4 is 40.5 Å². The number of ether oxygens (including phenoxy) is 2. The van der Waals surface area contributed by atoms with Gasteiger partial charge in [-0.05, 0) is 46.4 Å². The van der Waals surface area contributed by atoms with E-state index in [1.165, 1.54) is 20.1 Å². The second kappa shape index (κ2) is 8.42. The van der Waals surface area contributed by atoms with Gasteiger partial charge in [-0.1, -0.05) is 12.7 Å². The van der Waals surface area contributed by atoms with Crippen molar-refractivity contribution in [1.29, 1.82) is 0 Å². The number of aliphatic carboxylic acids is 1. The van der Waals surface area contributed by atoms with Crippen LogP contribution in [0.5, 0.6) is 11.5 Å². The minimum Gasteiger partial charge on any atom is -0.493 e. The fourth-order valence-corrected chi connectivity index (χ4v) is 2.39. The first-order valence-corrected chi connectivity index (χ1v) is 7.30. The van der Waals surface area contributed by atoms with Gasteiger partial charge in [0.05, 0.1) is 10.7 Å². The van der Waals surface area contributed by atoms with Crippen LogP contribution in [0.2, 0.25) is 0 Å². The smallest absolute Gasteiger partial charge is 0.352 e. The number of nitrogens with one attached hydrogen (secondary N) is 1. The molecule has 0 saturated carbocycles. The van der Waals surface area contributed by atoms with Crippen molar-refractivity contribution in [3.63, 3.8) is 0 Å². The van der Waals surface area contributed by atoms with Crippen LogP contribution in [0.25, 0.3) is 6.08 Å². The van der Waals surface area contributed by atoms with E-state index in [2.05, 4.69) is 34.5 Å². The summed E-state index contributed by atoms with van der Waals surface area (Å²) in [5.74, 6) is -0.665. The van der Waals surface area contributed by atoms with Gasteiger partial charge in [0.25, 0.3) is 0 Å². The highest BCUT2D eigenvalue weighted by Crippen LogP contribution is 2.34. The Bertz CT molecular complexity index is 625. The normalized spacial score (nSPS) is 10.8. The van der Waals surface area contributed by atoms with Crippen LogP contribution < -0.4 is 14.8 Å². The largest absolute Gasteiger partial charge is 0.493 e. The van der Waals surface area contributed by atoms with Gasteiger partial charge in [0.15, 0.2) is 11.5 Å². The number of amides is 1. The van der Waals surface area contributed by atoms with Gasteiger partial charge in [-0.2, -0.15) is 0 Å². The molecule has 0 fully saturated rings. The number of carbonyl (C=O) groups is 2. The van der Waals surface area contributed by atoms with E-state index in [0.717, 1.165) is 3.57 Å². The van der Waals surface area contributed by atoms with Gasteiger partial charge in [-0.3, -0.25) is 4.79 Å². The summed E-state index contributed by atoms with van der Waals surface area (Å²) in [7, 11) is 1.49.